The molecule has 14 heavy (non-hydrogen) atoms. The molecule has 0 aliphatic heterocycles. The third-order valence-corrected chi connectivity index (χ3v) is 2.50. The lowest BCUT2D eigenvalue weighted by Gasteiger charge is -2.06. The molecule has 1 aromatic heterocycles. The van der Waals surface area contributed by atoms with Gasteiger partial charge in [-0.1, -0.05) is 37.8 Å². The Kier molecular flexibility index (Phi) is 5.38. The van der Waals surface area contributed by atoms with Crippen LogP contribution < -0.4 is 0 Å². The Morgan fingerprint density at radius 1 is 1.43 bits per heavy atom. The second-order valence-corrected chi connectivity index (χ2v) is 3.60. The number of hydrogen-bond donors (Lipinski definition) is 0. The second-order valence-electron chi connectivity index (χ2n) is 3.38. The van der Waals surface area contributed by atoms with Crippen LogP contribution in [0, 0.1) is 0 Å². The van der Waals surface area contributed by atoms with Gasteiger partial charge in [-0.25, -0.2) is 4.98 Å². The van der Waals surface area contributed by atoms with E-state index in [1.807, 2.05) is 10.8 Å². The first-order valence-corrected chi connectivity index (χ1v) is 5.59. The molecule has 0 bridgehead atoms. The van der Waals surface area contributed by atoms with Crippen molar-refractivity contribution in [3.8, 4) is 0 Å². The van der Waals surface area contributed by atoms with Crippen LogP contribution >= 0.6 is 11.6 Å². The van der Waals surface area contributed by atoms with Crippen LogP contribution in [0.5, 0.6) is 0 Å². The molecule has 1 aromatic rings. The zero-order valence-corrected chi connectivity index (χ0v) is 9.37. The largest absolute Gasteiger partial charge is 0.309 e. The van der Waals surface area contributed by atoms with Gasteiger partial charge in [0.05, 0.1) is 6.33 Å². The van der Waals surface area contributed by atoms with Gasteiger partial charge in [-0.2, -0.15) is 0 Å². The van der Waals surface area contributed by atoms with Gasteiger partial charge >= 0.3 is 0 Å². The maximum absolute atomic E-state index is 5.76. The Labute approximate surface area is 90.6 Å². The fraction of sp³-hybridized carbons (Fsp3) is 0.545. The molecule has 0 aliphatic rings. The Hall–Kier alpha value is -0.760. The molecule has 3 heteroatoms. The fourth-order valence-electron chi connectivity index (χ4n) is 1.40. The van der Waals surface area contributed by atoms with Gasteiger partial charge < -0.3 is 4.57 Å². The molecule has 1 heterocycles. The number of unbranched alkanes of at least 4 members (excludes halogenated alkanes) is 3. The van der Waals surface area contributed by atoms with Crippen molar-refractivity contribution in [2.24, 2.45) is 0 Å². The second kappa shape index (κ2) is 6.66. The van der Waals surface area contributed by atoms with Gasteiger partial charge in [-0.05, 0) is 12.8 Å². The molecule has 0 radical (unpaired) electrons. The third-order valence-electron chi connectivity index (χ3n) is 2.25. The predicted octanol–water partition coefficient (Wildman–Crippen LogP) is 3.89. The summed E-state index contributed by atoms with van der Waals surface area (Å²) in [6.07, 6.45) is 11.6. The normalized spacial score (nSPS) is 12.0. The van der Waals surface area contributed by atoms with Crippen molar-refractivity contribution in [1.29, 1.82) is 0 Å². The fourth-order valence-corrected chi connectivity index (χ4v) is 1.62. The topological polar surface area (TPSA) is 17.8 Å². The van der Waals surface area contributed by atoms with E-state index in [1.165, 1.54) is 25.7 Å². The first-order valence-electron chi connectivity index (χ1n) is 5.16. The van der Waals surface area contributed by atoms with Crippen LogP contribution in [0.2, 0.25) is 0 Å². The van der Waals surface area contributed by atoms with E-state index in [9.17, 15) is 0 Å². The smallest absolute Gasteiger partial charge is 0.0989 e. The molecule has 0 spiro atoms. The third kappa shape index (κ3) is 3.54. The summed E-state index contributed by atoms with van der Waals surface area (Å²) in [5.41, 5.74) is 2.77. The van der Waals surface area contributed by atoms with Crippen molar-refractivity contribution in [3.05, 3.63) is 24.3 Å². The number of rotatable bonds is 6. The summed E-state index contributed by atoms with van der Waals surface area (Å²) in [6, 6.07) is 0. The molecule has 0 aliphatic carbocycles. The highest BCUT2D eigenvalue weighted by Gasteiger charge is 1.98. The van der Waals surface area contributed by atoms with Crippen LogP contribution in [0.15, 0.2) is 24.3 Å². The molecular formula is C11H17ClN2. The van der Waals surface area contributed by atoms with E-state index in [1.54, 1.807) is 18.1 Å². The first kappa shape index (κ1) is 11.3. The van der Waals surface area contributed by atoms with Gasteiger partial charge in [0.15, 0.2) is 0 Å². The maximum Gasteiger partial charge on any atom is 0.0989 e. The predicted molar refractivity (Wildman–Crippen MR) is 61.1 cm³/mol. The summed E-state index contributed by atoms with van der Waals surface area (Å²) in [4.78, 5) is 4.00. The molecule has 0 saturated heterocycles. The van der Waals surface area contributed by atoms with Crippen molar-refractivity contribution < 1.29 is 0 Å². The monoisotopic (exact) mass is 212 g/mol. The molecule has 0 unspecified atom stereocenters. The summed E-state index contributed by atoms with van der Waals surface area (Å²) in [6.45, 7) is 2.22. The van der Waals surface area contributed by atoms with Crippen LogP contribution in [-0.4, -0.2) is 9.55 Å². The standard InChI is InChI=1S/C11H17ClN2/c1-2-3-4-5-6-11(9-12)14-8-7-13-10-14/h7-10H,2-6H2,1H3/b11-9-. The zero-order chi connectivity index (χ0) is 10.2. The van der Waals surface area contributed by atoms with Gasteiger partial charge in [-0.15, -0.1) is 0 Å². The average molecular weight is 213 g/mol. The van der Waals surface area contributed by atoms with Crippen molar-refractivity contribution in [2.45, 2.75) is 39.0 Å². The number of aromatic nitrogens is 2. The van der Waals surface area contributed by atoms with E-state index in [0.29, 0.717) is 0 Å². The Balaban J connectivity index is 2.34. The van der Waals surface area contributed by atoms with Crippen molar-refractivity contribution in [1.82, 2.24) is 9.55 Å². The molecule has 0 saturated carbocycles. The molecule has 0 atom stereocenters. The van der Waals surface area contributed by atoms with Crippen LogP contribution in [-0.2, 0) is 0 Å². The van der Waals surface area contributed by atoms with Crippen molar-refractivity contribution in [3.63, 3.8) is 0 Å². The Morgan fingerprint density at radius 2 is 2.29 bits per heavy atom. The number of imidazole rings is 1. The minimum absolute atomic E-state index is 1.03. The molecule has 0 amide bonds. The Morgan fingerprint density at radius 3 is 2.86 bits per heavy atom. The van der Waals surface area contributed by atoms with E-state index in [-0.39, 0.29) is 0 Å². The molecule has 2 nitrogen and oxygen atoms in total. The SMILES string of the molecule is CCCCCC/C(=C/Cl)n1ccnc1. The number of allylic oxidation sites excluding steroid dienone is 1. The summed E-state index contributed by atoms with van der Waals surface area (Å²) in [7, 11) is 0. The van der Waals surface area contributed by atoms with Crippen molar-refractivity contribution in [2.75, 3.05) is 0 Å². The lowest BCUT2D eigenvalue weighted by atomic mass is 10.1. The highest BCUT2D eigenvalue weighted by molar-refractivity contribution is 6.27. The zero-order valence-electron chi connectivity index (χ0n) is 8.62. The highest BCUT2D eigenvalue weighted by atomic mass is 35.5. The van der Waals surface area contributed by atoms with Crippen LogP contribution in [0.1, 0.15) is 39.0 Å². The summed E-state index contributed by atoms with van der Waals surface area (Å²) >= 11 is 5.76. The minimum Gasteiger partial charge on any atom is -0.309 e. The molecule has 1 rings (SSSR count). The van der Waals surface area contributed by atoms with Crippen LogP contribution in [0.4, 0.5) is 0 Å². The summed E-state index contributed by atoms with van der Waals surface area (Å²) < 4.78 is 1.97. The molecule has 0 N–H and O–H groups in total. The van der Waals surface area contributed by atoms with E-state index < -0.39 is 0 Å². The van der Waals surface area contributed by atoms with E-state index in [0.717, 1.165) is 12.1 Å². The number of halogens is 1. The molecule has 78 valence electrons. The highest BCUT2D eigenvalue weighted by Crippen LogP contribution is 2.15. The van der Waals surface area contributed by atoms with Crippen LogP contribution in [0.3, 0.4) is 0 Å². The first-order chi connectivity index (χ1) is 6.88. The van der Waals surface area contributed by atoms with Gasteiger partial charge in [0.1, 0.15) is 0 Å². The number of nitrogens with zero attached hydrogens (tertiary/aromatic N) is 2. The van der Waals surface area contributed by atoms with Gasteiger partial charge in [-0.3, -0.25) is 0 Å². The van der Waals surface area contributed by atoms with E-state index in [4.69, 9.17) is 11.6 Å². The summed E-state index contributed by atoms with van der Waals surface area (Å²) in [5, 5.41) is 0. The number of hydrogen-bond acceptors (Lipinski definition) is 1. The molecule has 0 aromatic carbocycles. The van der Waals surface area contributed by atoms with E-state index in [2.05, 4.69) is 11.9 Å². The quantitative estimate of drug-likeness (QED) is 0.655. The van der Waals surface area contributed by atoms with Crippen LogP contribution in [0.25, 0.3) is 5.70 Å². The molecule has 0 fully saturated rings. The minimum atomic E-state index is 1.03. The molecular weight excluding hydrogens is 196 g/mol. The maximum atomic E-state index is 5.76. The lowest BCUT2D eigenvalue weighted by Crippen LogP contribution is -1.93. The Bertz CT molecular complexity index is 265. The van der Waals surface area contributed by atoms with Gasteiger partial charge in [0.2, 0.25) is 0 Å². The van der Waals surface area contributed by atoms with E-state index >= 15 is 0 Å². The lowest BCUT2D eigenvalue weighted by molar-refractivity contribution is 0.671. The van der Waals surface area contributed by atoms with Gasteiger partial charge in [0, 0.05) is 23.6 Å². The van der Waals surface area contributed by atoms with Crippen molar-refractivity contribution >= 4 is 17.3 Å². The summed E-state index contributed by atoms with van der Waals surface area (Å²) in [5.74, 6) is 0. The van der Waals surface area contributed by atoms with Gasteiger partial charge in [0.25, 0.3) is 0 Å². The average Bonchev–Trinajstić information content (AvgIpc) is 2.71.